The van der Waals surface area contributed by atoms with Crippen molar-refractivity contribution in [2.45, 2.75) is 51.7 Å². The van der Waals surface area contributed by atoms with Crippen molar-refractivity contribution in [2.75, 3.05) is 0 Å². The first kappa shape index (κ1) is 18.2. The van der Waals surface area contributed by atoms with Crippen LogP contribution < -0.4 is 10.7 Å². The number of hydrogen-bond donors (Lipinski definition) is 1. The van der Waals surface area contributed by atoms with Crippen LogP contribution in [0, 0.1) is 5.92 Å². The molecule has 138 valence electrons. The molecule has 1 aliphatic rings. The van der Waals surface area contributed by atoms with E-state index in [-0.39, 0.29) is 23.1 Å². The molecule has 1 heterocycles. The zero-order valence-electron chi connectivity index (χ0n) is 15.0. The molecule has 1 aliphatic carbocycles. The normalized spacial score (nSPS) is 21.2. The number of para-hydroxylation sites is 1. The van der Waals surface area contributed by atoms with Crippen LogP contribution in [-0.2, 0) is 9.53 Å². The summed E-state index contributed by atoms with van der Waals surface area (Å²) in [7, 11) is 0. The predicted octanol–water partition coefficient (Wildman–Crippen LogP) is 3.03. The Labute approximate surface area is 151 Å². The molecular formula is C20H23NO5. The highest BCUT2D eigenvalue weighted by Gasteiger charge is 2.27. The van der Waals surface area contributed by atoms with Gasteiger partial charge in [0.05, 0.1) is 5.39 Å². The van der Waals surface area contributed by atoms with Crippen LogP contribution in [-0.4, -0.2) is 24.0 Å². The van der Waals surface area contributed by atoms with E-state index in [1.54, 1.807) is 24.3 Å². The quantitative estimate of drug-likeness (QED) is 0.850. The van der Waals surface area contributed by atoms with Gasteiger partial charge in [0, 0.05) is 12.1 Å². The predicted molar refractivity (Wildman–Crippen MR) is 96.9 cm³/mol. The summed E-state index contributed by atoms with van der Waals surface area (Å²) in [5, 5.41) is 3.35. The fraction of sp³-hybridized carbons (Fsp3) is 0.450. The van der Waals surface area contributed by atoms with Gasteiger partial charge in [0.2, 0.25) is 5.76 Å². The van der Waals surface area contributed by atoms with Crippen LogP contribution in [0.5, 0.6) is 0 Å². The van der Waals surface area contributed by atoms with Crippen molar-refractivity contribution in [3.05, 3.63) is 46.3 Å². The van der Waals surface area contributed by atoms with Crippen molar-refractivity contribution in [3.63, 3.8) is 0 Å². The Morgan fingerprint density at radius 1 is 1.23 bits per heavy atom. The summed E-state index contributed by atoms with van der Waals surface area (Å²) in [5.41, 5.74) is -0.0213. The third-order valence-electron chi connectivity index (χ3n) is 4.93. The Morgan fingerprint density at radius 2 is 1.96 bits per heavy atom. The molecule has 1 aromatic heterocycles. The third-order valence-corrected chi connectivity index (χ3v) is 4.93. The first-order chi connectivity index (χ1) is 12.5. The van der Waals surface area contributed by atoms with E-state index >= 15 is 0 Å². The molecular weight excluding hydrogens is 334 g/mol. The van der Waals surface area contributed by atoms with Gasteiger partial charge in [0.1, 0.15) is 5.58 Å². The Hall–Kier alpha value is -2.63. The van der Waals surface area contributed by atoms with Crippen LogP contribution in [0.15, 0.2) is 39.5 Å². The zero-order valence-corrected chi connectivity index (χ0v) is 15.0. The number of nitrogens with one attached hydrogen (secondary N) is 1. The van der Waals surface area contributed by atoms with Crippen LogP contribution in [0.1, 0.15) is 50.1 Å². The molecule has 1 fully saturated rings. The molecule has 3 atom stereocenters. The lowest BCUT2D eigenvalue weighted by Crippen LogP contribution is -2.46. The van der Waals surface area contributed by atoms with E-state index in [9.17, 15) is 14.4 Å². The minimum Gasteiger partial charge on any atom is -0.449 e. The maximum atomic E-state index is 12.3. The number of ether oxygens (including phenoxy) is 1. The average Bonchev–Trinajstić information content (AvgIpc) is 2.63. The maximum absolute atomic E-state index is 12.3. The van der Waals surface area contributed by atoms with Crippen LogP contribution in [0.2, 0.25) is 0 Å². The third kappa shape index (κ3) is 3.95. The second-order valence-electron chi connectivity index (χ2n) is 6.90. The molecule has 2 aromatic rings. The van der Waals surface area contributed by atoms with E-state index in [1.807, 2.05) is 0 Å². The fourth-order valence-electron chi connectivity index (χ4n) is 3.31. The second-order valence-corrected chi connectivity index (χ2v) is 6.90. The SMILES string of the molecule is C[C@@H](OC(=O)c1cc(=O)c2ccccc2o1)C(=O)N[C@H]1CCCC[C@@H]1C. The van der Waals surface area contributed by atoms with Gasteiger partial charge in [-0.2, -0.15) is 0 Å². The topological polar surface area (TPSA) is 85.6 Å². The summed E-state index contributed by atoms with van der Waals surface area (Å²) in [6.07, 6.45) is 3.33. The summed E-state index contributed by atoms with van der Waals surface area (Å²) in [6.45, 7) is 3.63. The highest BCUT2D eigenvalue weighted by Crippen LogP contribution is 2.23. The molecule has 1 aromatic carbocycles. The summed E-state index contributed by atoms with van der Waals surface area (Å²) in [6, 6.07) is 7.86. The van der Waals surface area contributed by atoms with Crippen molar-refractivity contribution < 1.29 is 18.7 Å². The van der Waals surface area contributed by atoms with Crippen LogP contribution in [0.25, 0.3) is 11.0 Å². The summed E-state index contributed by atoms with van der Waals surface area (Å²) < 4.78 is 10.6. The molecule has 0 radical (unpaired) electrons. The first-order valence-electron chi connectivity index (χ1n) is 9.00. The first-order valence-corrected chi connectivity index (χ1v) is 9.00. The van der Waals surface area contributed by atoms with E-state index in [4.69, 9.17) is 9.15 Å². The Kier molecular flexibility index (Phi) is 5.40. The second kappa shape index (κ2) is 7.72. The van der Waals surface area contributed by atoms with Gasteiger partial charge < -0.3 is 14.5 Å². The molecule has 1 saturated carbocycles. The Bertz CT molecular complexity index is 872. The molecule has 26 heavy (non-hydrogen) atoms. The van der Waals surface area contributed by atoms with E-state index in [1.165, 1.54) is 13.3 Å². The lowest BCUT2D eigenvalue weighted by molar-refractivity contribution is -0.130. The van der Waals surface area contributed by atoms with E-state index in [0.717, 1.165) is 25.3 Å². The molecule has 1 N–H and O–H groups in total. The van der Waals surface area contributed by atoms with Crippen molar-refractivity contribution in [2.24, 2.45) is 5.92 Å². The van der Waals surface area contributed by atoms with E-state index in [0.29, 0.717) is 16.9 Å². The van der Waals surface area contributed by atoms with E-state index in [2.05, 4.69) is 12.2 Å². The molecule has 3 rings (SSSR count). The largest absolute Gasteiger partial charge is 0.449 e. The van der Waals surface area contributed by atoms with E-state index < -0.39 is 12.1 Å². The summed E-state index contributed by atoms with van der Waals surface area (Å²) >= 11 is 0. The van der Waals surface area contributed by atoms with Crippen LogP contribution in [0.3, 0.4) is 0 Å². The molecule has 0 unspecified atom stereocenters. The summed E-state index contributed by atoms with van der Waals surface area (Å²) in [4.78, 5) is 36.7. The average molecular weight is 357 g/mol. The number of fused-ring (bicyclic) bond motifs is 1. The maximum Gasteiger partial charge on any atom is 0.375 e. The minimum atomic E-state index is -0.964. The number of amides is 1. The van der Waals surface area contributed by atoms with Gasteiger partial charge in [-0.25, -0.2) is 4.79 Å². The van der Waals surface area contributed by atoms with Gasteiger partial charge in [0.15, 0.2) is 11.5 Å². The van der Waals surface area contributed by atoms with Crippen molar-refractivity contribution in [3.8, 4) is 0 Å². The Balaban J connectivity index is 1.67. The number of esters is 1. The van der Waals surface area contributed by atoms with Gasteiger partial charge in [-0.15, -0.1) is 0 Å². The highest BCUT2D eigenvalue weighted by molar-refractivity contribution is 5.91. The standard InChI is InChI=1S/C20H23NO5/c1-12-7-3-5-9-15(12)21-19(23)13(2)25-20(24)18-11-16(22)14-8-4-6-10-17(14)26-18/h4,6,8,10-13,15H,3,5,7,9H2,1-2H3,(H,21,23)/t12-,13+,15-/m0/s1. The highest BCUT2D eigenvalue weighted by atomic mass is 16.6. The van der Waals surface area contributed by atoms with Crippen molar-refractivity contribution in [1.29, 1.82) is 0 Å². The van der Waals surface area contributed by atoms with Gasteiger partial charge in [0.25, 0.3) is 5.91 Å². The molecule has 0 saturated heterocycles. The molecule has 0 spiro atoms. The van der Waals surface area contributed by atoms with Gasteiger partial charge in [-0.3, -0.25) is 9.59 Å². The number of carbonyl (C=O) groups is 2. The van der Waals surface area contributed by atoms with Gasteiger partial charge >= 0.3 is 5.97 Å². The van der Waals surface area contributed by atoms with Gasteiger partial charge in [-0.1, -0.05) is 31.9 Å². The summed E-state index contributed by atoms with van der Waals surface area (Å²) in [5.74, 6) is -0.957. The smallest absolute Gasteiger partial charge is 0.375 e. The number of hydrogen-bond acceptors (Lipinski definition) is 5. The fourth-order valence-corrected chi connectivity index (χ4v) is 3.31. The van der Waals surface area contributed by atoms with Crippen molar-refractivity contribution in [1.82, 2.24) is 5.32 Å². The van der Waals surface area contributed by atoms with Crippen LogP contribution >= 0.6 is 0 Å². The minimum absolute atomic E-state index is 0.107. The van der Waals surface area contributed by atoms with Crippen molar-refractivity contribution >= 4 is 22.8 Å². The van der Waals surface area contributed by atoms with Crippen LogP contribution in [0.4, 0.5) is 0 Å². The number of carbonyl (C=O) groups excluding carboxylic acids is 2. The molecule has 0 bridgehead atoms. The molecule has 6 heteroatoms. The molecule has 1 amide bonds. The zero-order chi connectivity index (χ0) is 18.7. The monoisotopic (exact) mass is 357 g/mol. The number of benzene rings is 1. The lowest BCUT2D eigenvalue weighted by Gasteiger charge is -2.30. The lowest BCUT2D eigenvalue weighted by atomic mass is 9.86. The van der Waals surface area contributed by atoms with Gasteiger partial charge in [-0.05, 0) is 37.8 Å². The molecule has 6 nitrogen and oxygen atoms in total. The Morgan fingerprint density at radius 3 is 2.73 bits per heavy atom. The number of rotatable bonds is 4. The molecule has 0 aliphatic heterocycles.